The monoisotopic (exact) mass is 361 g/mol. The van der Waals surface area contributed by atoms with E-state index in [1.165, 1.54) is 22.3 Å². The average molecular weight is 361 g/mol. The summed E-state index contributed by atoms with van der Waals surface area (Å²) in [7, 11) is 0. The maximum absolute atomic E-state index is 12.8. The van der Waals surface area contributed by atoms with Gasteiger partial charge < -0.3 is 9.64 Å². The van der Waals surface area contributed by atoms with E-state index in [9.17, 15) is 4.79 Å². The van der Waals surface area contributed by atoms with Crippen molar-refractivity contribution in [2.75, 3.05) is 13.2 Å². The standard InChI is InChI=1S/C24H27NO2/c1-4-18-13-17(16(2)3)14-25(18)24(26)27-15-23-21-11-7-5-9-19(21)20-10-6-8-12-22(20)23/h4-12,16-18,23H,1,13-15H2,2-3H3/t17?,18-/m1/s1. The number of ether oxygens (including phenoxy) is 1. The van der Waals surface area contributed by atoms with Gasteiger partial charge in [-0.2, -0.15) is 0 Å². The van der Waals surface area contributed by atoms with Crippen LogP contribution in [0.15, 0.2) is 61.2 Å². The number of carbonyl (C=O) groups excluding carboxylic acids is 1. The quantitative estimate of drug-likeness (QED) is 0.676. The average Bonchev–Trinajstić information content (AvgIpc) is 3.26. The zero-order valence-corrected chi connectivity index (χ0v) is 16.1. The molecule has 1 unspecified atom stereocenters. The lowest BCUT2D eigenvalue weighted by atomic mass is 9.93. The number of hydrogen-bond donors (Lipinski definition) is 0. The molecule has 2 aliphatic rings. The van der Waals surface area contributed by atoms with Crippen LogP contribution >= 0.6 is 0 Å². The zero-order valence-electron chi connectivity index (χ0n) is 16.1. The molecule has 1 saturated heterocycles. The van der Waals surface area contributed by atoms with Crippen LogP contribution in [0.25, 0.3) is 11.1 Å². The smallest absolute Gasteiger partial charge is 0.410 e. The zero-order chi connectivity index (χ0) is 19.0. The Balaban J connectivity index is 1.50. The number of carbonyl (C=O) groups is 1. The van der Waals surface area contributed by atoms with Crippen LogP contribution in [0, 0.1) is 11.8 Å². The fourth-order valence-corrected chi connectivity index (χ4v) is 4.49. The Hall–Kier alpha value is -2.55. The summed E-state index contributed by atoms with van der Waals surface area (Å²) in [5.41, 5.74) is 4.99. The van der Waals surface area contributed by atoms with E-state index in [4.69, 9.17) is 4.74 Å². The van der Waals surface area contributed by atoms with Gasteiger partial charge in [-0.15, -0.1) is 6.58 Å². The number of fused-ring (bicyclic) bond motifs is 3. The molecule has 3 heteroatoms. The second-order valence-corrected chi connectivity index (χ2v) is 8.00. The second kappa shape index (κ2) is 7.22. The first-order valence-electron chi connectivity index (χ1n) is 9.84. The Labute approximate surface area is 161 Å². The van der Waals surface area contributed by atoms with Crippen LogP contribution in [0.2, 0.25) is 0 Å². The Morgan fingerprint density at radius 2 is 1.74 bits per heavy atom. The lowest BCUT2D eigenvalue weighted by Crippen LogP contribution is -2.36. The number of hydrogen-bond acceptors (Lipinski definition) is 2. The molecule has 1 amide bonds. The van der Waals surface area contributed by atoms with E-state index < -0.39 is 0 Å². The van der Waals surface area contributed by atoms with Crippen LogP contribution in [0.5, 0.6) is 0 Å². The molecule has 0 spiro atoms. The minimum Gasteiger partial charge on any atom is -0.448 e. The maximum Gasteiger partial charge on any atom is 0.410 e. The largest absolute Gasteiger partial charge is 0.448 e. The van der Waals surface area contributed by atoms with Gasteiger partial charge in [0.25, 0.3) is 0 Å². The fourth-order valence-electron chi connectivity index (χ4n) is 4.49. The highest BCUT2D eigenvalue weighted by molar-refractivity contribution is 5.79. The fraction of sp³-hybridized carbons (Fsp3) is 0.375. The molecule has 140 valence electrons. The second-order valence-electron chi connectivity index (χ2n) is 8.00. The summed E-state index contributed by atoms with van der Waals surface area (Å²) in [5.74, 6) is 1.17. The molecule has 0 saturated carbocycles. The summed E-state index contributed by atoms with van der Waals surface area (Å²) in [5, 5.41) is 0. The third-order valence-electron chi connectivity index (χ3n) is 6.16. The Morgan fingerprint density at radius 1 is 1.15 bits per heavy atom. The summed E-state index contributed by atoms with van der Waals surface area (Å²) in [6.07, 6.45) is 2.64. The molecule has 2 aromatic rings. The first kappa shape index (κ1) is 17.8. The highest BCUT2D eigenvalue weighted by atomic mass is 16.6. The van der Waals surface area contributed by atoms with Gasteiger partial charge in [0.15, 0.2) is 0 Å². The minimum atomic E-state index is -0.218. The van der Waals surface area contributed by atoms with Gasteiger partial charge in [-0.3, -0.25) is 0 Å². The van der Waals surface area contributed by atoms with Crippen molar-refractivity contribution in [3.63, 3.8) is 0 Å². The Morgan fingerprint density at radius 3 is 2.30 bits per heavy atom. The van der Waals surface area contributed by atoms with E-state index in [1.807, 2.05) is 11.0 Å². The predicted octanol–water partition coefficient (Wildman–Crippen LogP) is 5.47. The summed E-state index contributed by atoms with van der Waals surface area (Å²) >= 11 is 0. The van der Waals surface area contributed by atoms with Gasteiger partial charge in [-0.05, 0) is 40.5 Å². The summed E-state index contributed by atoms with van der Waals surface area (Å²) < 4.78 is 5.82. The molecule has 1 heterocycles. The van der Waals surface area contributed by atoms with Gasteiger partial charge in [0.05, 0.1) is 6.04 Å². The molecule has 1 aliphatic carbocycles. The third-order valence-corrected chi connectivity index (χ3v) is 6.16. The van der Waals surface area contributed by atoms with Crippen molar-refractivity contribution in [3.8, 4) is 11.1 Å². The molecule has 0 bridgehead atoms. The van der Waals surface area contributed by atoms with E-state index >= 15 is 0 Å². The van der Waals surface area contributed by atoms with E-state index in [1.54, 1.807) is 0 Å². The highest BCUT2D eigenvalue weighted by Crippen LogP contribution is 2.44. The minimum absolute atomic E-state index is 0.0769. The predicted molar refractivity (Wildman–Crippen MR) is 109 cm³/mol. The molecule has 0 radical (unpaired) electrons. The Bertz CT molecular complexity index is 811. The van der Waals surface area contributed by atoms with Gasteiger partial charge in [0.2, 0.25) is 0 Å². The molecule has 2 aromatic carbocycles. The summed E-state index contributed by atoms with van der Waals surface area (Å²) in [4.78, 5) is 14.7. The van der Waals surface area contributed by atoms with Crippen molar-refractivity contribution in [2.24, 2.45) is 11.8 Å². The van der Waals surface area contributed by atoms with Crippen molar-refractivity contribution < 1.29 is 9.53 Å². The van der Waals surface area contributed by atoms with Crippen molar-refractivity contribution >= 4 is 6.09 Å². The molecule has 1 aliphatic heterocycles. The Kier molecular flexibility index (Phi) is 4.77. The summed E-state index contributed by atoms with van der Waals surface area (Å²) in [6.45, 7) is 9.47. The lowest BCUT2D eigenvalue weighted by molar-refractivity contribution is 0.0994. The molecule has 27 heavy (non-hydrogen) atoms. The lowest BCUT2D eigenvalue weighted by Gasteiger charge is -2.23. The van der Waals surface area contributed by atoms with Gasteiger partial charge in [0, 0.05) is 12.5 Å². The van der Waals surface area contributed by atoms with E-state index in [-0.39, 0.29) is 18.1 Å². The van der Waals surface area contributed by atoms with Gasteiger partial charge in [-0.25, -0.2) is 4.79 Å². The molecule has 2 atom stereocenters. The molecular formula is C24H27NO2. The number of benzene rings is 2. The van der Waals surface area contributed by atoms with Crippen molar-refractivity contribution in [1.29, 1.82) is 0 Å². The molecule has 4 rings (SSSR count). The van der Waals surface area contributed by atoms with Gasteiger partial charge in [0.1, 0.15) is 6.61 Å². The van der Waals surface area contributed by atoms with Crippen molar-refractivity contribution in [3.05, 3.63) is 72.3 Å². The van der Waals surface area contributed by atoms with E-state index in [0.29, 0.717) is 18.4 Å². The van der Waals surface area contributed by atoms with Gasteiger partial charge >= 0.3 is 6.09 Å². The van der Waals surface area contributed by atoms with Crippen LogP contribution in [0.3, 0.4) is 0 Å². The topological polar surface area (TPSA) is 29.5 Å². The van der Waals surface area contributed by atoms with Crippen molar-refractivity contribution in [1.82, 2.24) is 4.90 Å². The maximum atomic E-state index is 12.8. The molecule has 0 N–H and O–H groups in total. The third kappa shape index (κ3) is 3.16. The number of rotatable bonds is 4. The van der Waals surface area contributed by atoms with E-state index in [2.05, 4.69) is 69.0 Å². The van der Waals surface area contributed by atoms with Crippen LogP contribution in [-0.2, 0) is 4.74 Å². The van der Waals surface area contributed by atoms with Gasteiger partial charge in [-0.1, -0.05) is 68.5 Å². The number of nitrogens with zero attached hydrogens (tertiary/aromatic N) is 1. The molecule has 1 fully saturated rings. The van der Waals surface area contributed by atoms with Crippen LogP contribution in [0.1, 0.15) is 37.3 Å². The highest BCUT2D eigenvalue weighted by Gasteiger charge is 2.36. The number of likely N-dealkylation sites (tertiary alicyclic amines) is 1. The van der Waals surface area contributed by atoms with Crippen LogP contribution < -0.4 is 0 Å². The number of amides is 1. The molecular weight excluding hydrogens is 334 g/mol. The molecule has 0 aromatic heterocycles. The first-order valence-corrected chi connectivity index (χ1v) is 9.84. The molecule has 3 nitrogen and oxygen atoms in total. The van der Waals surface area contributed by atoms with Crippen LogP contribution in [0.4, 0.5) is 4.79 Å². The van der Waals surface area contributed by atoms with E-state index in [0.717, 1.165) is 13.0 Å². The SMILES string of the molecule is C=C[C@@H]1CC(C(C)C)CN1C(=O)OCC1c2ccccc2-c2ccccc21. The first-order chi connectivity index (χ1) is 13.1. The summed E-state index contributed by atoms with van der Waals surface area (Å²) in [6, 6.07) is 16.9. The van der Waals surface area contributed by atoms with Crippen LogP contribution in [-0.4, -0.2) is 30.2 Å². The van der Waals surface area contributed by atoms with Crippen molar-refractivity contribution in [2.45, 2.75) is 32.2 Å². The normalized spacial score (nSPS) is 21.2.